The van der Waals surface area contributed by atoms with Gasteiger partial charge in [0.05, 0.1) is 4.90 Å². The fourth-order valence-electron chi connectivity index (χ4n) is 3.87. The van der Waals surface area contributed by atoms with Crippen LogP contribution in [0.15, 0.2) is 29.2 Å². The molecule has 9 heteroatoms. The summed E-state index contributed by atoms with van der Waals surface area (Å²) in [5, 5.41) is 3.39. The normalized spacial score (nSPS) is 22.4. The van der Waals surface area contributed by atoms with Crippen molar-refractivity contribution in [2.24, 2.45) is 11.8 Å². The second-order valence-corrected chi connectivity index (χ2v) is 9.46. The van der Waals surface area contributed by atoms with Gasteiger partial charge in [-0.15, -0.1) is 12.4 Å². The van der Waals surface area contributed by atoms with Crippen LogP contribution in [0.5, 0.6) is 0 Å². The van der Waals surface area contributed by atoms with E-state index < -0.39 is 15.8 Å². The Morgan fingerprint density at radius 2 is 1.86 bits per heavy atom. The van der Waals surface area contributed by atoms with Crippen LogP contribution >= 0.6 is 12.4 Å². The van der Waals surface area contributed by atoms with Gasteiger partial charge in [0.25, 0.3) is 0 Å². The maximum absolute atomic E-state index is 13.0. The van der Waals surface area contributed by atoms with Crippen molar-refractivity contribution in [3.63, 3.8) is 0 Å². The van der Waals surface area contributed by atoms with E-state index in [-0.39, 0.29) is 36.3 Å². The molecule has 2 unspecified atom stereocenters. The smallest absolute Gasteiger partial charge is 0.243 e. The van der Waals surface area contributed by atoms with Crippen molar-refractivity contribution >= 4 is 28.3 Å². The highest BCUT2D eigenvalue weighted by atomic mass is 35.5. The van der Waals surface area contributed by atoms with Gasteiger partial charge in [0.2, 0.25) is 15.9 Å². The molecular weight excluding hydrogens is 405 g/mol. The molecule has 2 aliphatic rings. The predicted octanol–water partition coefficient (Wildman–Crippen LogP) is 2.11. The first kappa shape index (κ1) is 23.1. The predicted molar refractivity (Wildman–Crippen MR) is 108 cm³/mol. The summed E-state index contributed by atoms with van der Waals surface area (Å²) >= 11 is 0. The van der Waals surface area contributed by atoms with Gasteiger partial charge in [-0.05, 0) is 62.0 Å². The molecule has 2 fully saturated rings. The minimum atomic E-state index is -3.65. The number of benzene rings is 1. The first-order chi connectivity index (χ1) is 12.9. The summed E-state index contributed by atoms with van der Waals surface area (Å²) in [4.78, 5) is 14.5. The van der Waals surface area contributed by atoms with Gasteiger partial charge in [-0.25, -0.2) is 12.8 Å². The minimum Gasteiger partial charge on any atom is -0.340 e. The standard InChI is InChI=1S/C19H28FN3O3S.ClH/c1-15(16-3-2-8-21-14-16)13-19(24)22-9-11-23(12-10-22)27(25,26)18-6-4-17(20)5-7-18;/h4-7,15-16,21H,2-3,8-14H2,1H3;1H. The van der Waals surface area contributed by atoms with Crippen molar-refractivity contribution in [3.05, 3.63) is 30.1 Å². The molecule has 0 spiro atoms. The molecule has 1 aromatic carbocycles. The second kappa shape index (κ2) is 10.0. The Labute approximate surface area is 172 Å². The van der Waals surface area contributed by atoms with Crippen LogP contribution in [-0.4, -0.2) is 62.8 Å². The van der Waals surface area contributed by atoms with Crippen LogP contribution in [-0.2, 0) is 14.8 Å². The Balaban J connectivity index is 0.00000280. The van der Waals surface area contributed by atoms with Crippen molar-refractivity contribution in [1.82, 2.24) is 14.5 Å². The summed E-state index contributed by atoms with van der Waals surface area (Å²) in [5.41, 5.74) is 0. The van der Waals surface area contributed by atoms with E-state index in [2.05, 4.69) is 12.2 Å². The number of rotatable bonds is 5. The average molecular weight is 434 g/mol. The highest BCUT2D eigenvalue weighted by molar-refractivity contribution is 7.89. The fraction of sp³-hybridized carbons (Fsp3) is 0.632. The molecule has 28 heavy (non-hydrogen) atoms. The van der Waals surface area contributed by atoms with Crippen LogP contribution in [0.25, 0.3) is 0 Å². The minimum absolute atomic E-state index is 0. The molecule has 158 valence electrons. The molecule has 1 N–H and O–H groups in total. The summed E-state index contributed by atoms with van der Waals surface area (Å²) in [6, 6.07) is 4.85. The van der Waals surface area contributed by atoms with Crippen LogP contribution in [0.4, 0.5) is 4.39 Å². The number of nitrogens with one attached hydrogen (secondary N) is 1. The second-order valence-electron chi connectivity index (χ2n) is 7.53. The van der Waals surface area contributed by atoms with E-state index in [9.17, 15) is 17.6 Å². The summed E-state index contributed by atoms with van der Waals surface area (Å²) in [6.45, 7) is 5.49. The molecule has 2 atom stereocenters. The number of piperazine rings is 1. The quantitative estimate of drug-likeness (QED) is 0.772. The van der Waals surface area contributed by atoms with Crippen LogP contribution in [0.2, 0.25) is 0 Å². The SMILES string of the molecule is CC(CC(=O)N1CCN(S(=O)(=O)c2ccc(F)cc2)CC1)C1CCCNC1.Cl. The molecule has 3 rings (SSSR count). The third-order valence-corrected chi connectivity index (χ3v) is 7.59. The van der Waals surface area contributed by atoms with Gasteiger partial charge in [0.15, 0.2) is 0 Å². The summed E-state index contributed by atoms with van der Waals surface area (Å²) in [5.74, 6) is 0.493. The molecule has 2 heterocycles. The number of carbonyl (C=O) groups excluding carboxylic acids is 1. The van der Waals surface area contributed by atoms with E-state index >= 15 is 0 Å². The lowest BCUT2D eigenvalue weighted by molar-refractivity contribution is -0.133. The van der Waals surface area contributed by atoms with Crippen molar-refractivity contribution in [2.45, 2.75) is 31.1 Å². The molecule has 2 aliphatic heterocycles. The topological polar surface area (TPSA) is 69.7 Å². The van der Waals surface area contributed by atoms with E-state index in [4.69, 9.17) is 0 Å². The number of piperidine rings is 1. The average Bonchev–Trinajstić information content (AvgIpc) is 2.69. The third kappa shape index (κ3) is 5.43. The molecule has 1 amide bonds. The van der Waals surface area contributed by atoms with Gasteiger partial charge in [0, 0.05) is 32.6 Å². The van der Waals surface area contributed by atoms with Crippen LogP contribution in [0.1, 0.15) is 26.2 Å². The molecule has 0 bridgehead atoms. The first-order valence-electron chi connectivity index (χ1n) is 9.62. The number of halogens is 2. The number of carbonyl (C=O) groups is 1. The molecular formula is C19H29ClFN3O3S. The molecule has 2 saturated heterocycles. The summed E-state index contributed by atoms with van der Waals surface area (Å²) in [7, 11) is -3.65. The maximum atomic E-state index is 13.0. The zero-order chi connectivity index (χ0) is 19.4. The van der Waals surface area contributed by atoms with Crippen LogP contribution in [0, 0.1) is 17.7 Å². The molecule has 0 radical (unpaired) electrons. The first-order valence-corrected chi connectivity index (χ1v) is 11.1. The molecule has 0 saturated carbocycles. The number of nitrogens with zero attached hydrogens (tertiary/aromatic N) is 2. The highest BCUT2D eigenvalue weighted by Crippen LogP contribution is 2.24. The number of hydrogen-bond acceptors (Lipinski definition) is 4. The number of sulfonamides is 1. The Morgan fingerprint density at radius 1 is 1.21 bits per heavy atom. The molecule has 0 aliphatic carbocycles. The molecule has 0 aromatic heterocycles. The van der Waals surface area contributed by atoms with Gasteiger partial charge in [-0.2, -0.15) is 4.31 Å². The number of hydrogen-bond donors (Lipinski definition) is 1. The van der Waals surface area contributed by atoms with Gasteiger partial charge >= 0.3 is 0 Å². The Morgan fingerprint density at radius 3 is 2.43 bits per heavy atom. The number of amides is 1. The van der Waals surface area contributed by atoms with Crippen molar-refractivity contribution in [3.8, 4) is 0 Å². The van der Waals surface area contributed by atoms with E-state index in [1.165, 1.54) is 16.4 Å². The van der Waals surface area contributed by atoms with Crippen molar-refractivity contribution in [1.29, 1.82) is 0 Å². The van der Waals surface area contributed by atoms with E-state index in [1.807, 2.05) is 0 Å². The lowest BCUT2D eigenvalue weighted by atomic mass is 9.85. The Hall–Kier alpha value is -1.22. The zero-order valence-electron chi connectivity index (χ0n) is 16.1. The Kier molecular flexibility index (Phi) is 8.24. The van der Waals surface area contributed by atoms with Gasteiger partial charge in [-0.3, -0.25) is 4.79 Å². The van der Waals surface area contributed by atoms with Gasteiger partial charge in [0.1, 0.15) is 5.82 Å². The lowest BCUT2D eigenvalue weighted by Gasteiger charge is -2.35. The van der Waals surface area contributed by atoms with Gasteiger partial charge in [-0.1, -0.05) is 6.92 Å². The zero-order valence-corrected chi connectivity index (χ0v) is 17.8. The van der Waals surface area contributed by atoms with Crippen LogP contribution < -0.4 is 5.32 Å². The lowest BCUT2D eigenvalue weighted by Crippen LogP contribution is -2.51. The summed E-state index contributed by atoms with van der Waals surface area (Å²) in [6.07, 6.45) is 2.82. The van der Waals surface area contributed by atoms with E-state index in [1.54, 1.807) is 4.90 Å². The third-order valence-electron chi connectivity index (χ3n) is 5.68. The fourth-order valence-corrected chi connectivity index (χ4v) is 5.29. The molecule has 1 aromatic rings. The van der Waals surface area contributed by atoms with Crippen molar-refractivity contribution in [2.75, 3.05) is 39.3 Å². The van der Waals surface area contributed by atoms with E-state index in [0.717, 1.165) is 38.1 Å². The Bertz CT molecular complexity index is 746. The summed E-state index contributed by atoms with van der Waals surface area (Å²) < 4.78 is 39.7. The largest absolute Gasteiger partial charge is 0.340 e. The van der Waals surface area contributed by atoms with Crippen LogP contribution in [0.3, 0.4) is 0 Å². The maximum Gasteiger partial charge on any atom is 0.243 e. The monoisotopic (exact) mass is 433 g/mol. The molecule has 6 nitrogen and oxygen atoms in total. The highest BCUT2D eigenvalue weighted by Gasteiger charge is 2.31. The van der Waals surface area contributed by atoms with Crippen molar-refractivity contribution < 1.29 is 17.6 Å². The van der Waals surface area contributed by atoms with Gasteiger partial charge < -0.3 is 10.2 Å². The van der Waals surface area contributed by atoms with E-state index in [0.29, 0.717) is 31.3 Å².